The van der Waals surface area contributed by atoms with Gasteiger partial charge in [0.15, 0.2) is 0 Å². The van der Waals surface area contributed by atoms with Crippen molar-refractivity contribution < 1.29 is 9.50 Å². The number of aliphatic hydroxyl groups is 1. The lowest BCUT2D eigenvalue weighted by Crippen LogP contribution is -2.47. The van der Waals surface area contributed by atoms with Crippen LogP contribution >= 0.6 is 0 Å². The molecule has 0 amide bonds. The predicted octanol–water partition coefficient (Wildman–Crippen LogP) is 1.73. The second-order valence-electron chi connectivity index (χ2n) is 4.02. The quantitative estimate of drug-likeness (QED) is 0.777. The van der Waals surface area contributed by atoms with Crippen molar-refractivity contribution in [1.29, 1.82) is 0 Å². The maximum Gasteiger partial charge on any atom is 0.126 e. The third-order valence-corrected chi connectivity index (χ3v) is 2.49. The van der Waals surface area contributed by atoms with Gasteiger partial charge in [-0.15, -0.1) is 0 Å². The van der Waals surface area contributed by atoms with Crippen molar-refractivity contribution in [3.05, 3.63) is 35.6 Å². The van der Waals surface area contributed by atoms with E-state index in [1.807, 2.05) is 19.9 Å². The van der Waals surface area contributed by atoms with Crippen LogP contribution in [0.25, 0.3) is 0 Å². The standard InChI is InChI=1S/C12H18FNO/c1-3-14-12(2,9-15)8-10-6-4-5-7-11(10)13/h4-7,14-15H,3,8-9H2,1-2H3. The third-order valence-electron chi connectivity index (χ3n) is 2.49. The van der Waals surface area contributed by atoms with Crippen molar-refractivity contribution >= 4 is 0 Å². The summed E-state index contributed by atoms with van der Waals surface area (Å²) in [6, 6.07) is 6.67. The van der Waals surface area contributed by atoms with Crippen LogP contribution in [0.15, 0.2) is 24.3 Å². The molecule has 1 atom stereocenters. The number of aliphatic hydroxyl groups excluding tert-OH is 1. The van der Waals surface area contributed by atoms with E-state index in [4.69, 9.17) is 0 Å². The second kappa shape index (κ2) is 5.24. The number of hydrogen-bond acceptors (Lipinski definition) is 2. The van der Waals surface area contributed by atoms with E-state index in [0.29, 0.717) is 12.0 Å². The Labute approximate surface area is 90.1 Å². The highest BCUT2D eigenvalue weighted by Crippen LogP contribution is 2.15. The number of rotatable bonds is 5. The molecule has 15 heavy (non-hydrogen) atoms. The summed E-state index contributed by atoms with van der Waals surface area (Å²) in [4.78, 5) is 0. The Balaban J connectivity index is 2.79. The Morgan fingerprint density at radius 2 is 2.07 bits per heavy atom. The molecule has 0 bridgehead atoms. The maximum atomic E-state index is 13.4. The zero-order valence-electron chi connectivity index (χ0n) is 9.26. The summed E-state index contributed by atoms with van der Waals surface area (Å²) in [5.41, 5.74) is 0.187. The fraction of sp³-hybridized carbons (Fsp3) is 0.500. The monoisotopic (exact) mass is 211 g/mol. The highest BCUT2D eigenvalue weighted by atomic mass is 19.1. The van der Waals surface area contributed by atoms with Crippen LogP contribution < -0.4 is 5.32 Å². The van der Waals surface area contributed by atoms with Gasteiger partial charge in [0.05, 0.1) is 6.61 Å². The summed E-state index contributed by atoms with van der Waals surface area (Å²) in [6.07, 6.45) is 0.490. The molecule has 0 saturated heterocycles. The van der Waals surface area contributed by atoms with Gasteiger partial charge in [-0.25, -0.2) is 4.39 Å². The molecule has 0 aliphatic heterocycles. The smallest absolute Gasteiger partial charge is 0.126 e. The van der Waals surface area contributed by atoms with E-state index in [9.17, 15) is 9.50 Å². The lowest BCUT2D eigenvalue weighted by Gasteiger charge is -2.28. The Bertz CT molecular complexity index is 316. The van der Waals surface area contributed by atoms with Gasteiger partial charge in [0.2, 0.25) is 0 Å². The zero-order valence-corrected chi connectivity index (χ0v) is 9.26. The van der Waals surface area contributed by atoms with Crippen molar-refractivity contribution in [2.75, 3.05) is 13.2 Å². The summed E-state index contributed by atoms with van der Waals surface area (Å²) < 4.78 is 13.4. The number of nitrogens with one attached hydrogen (secondary N) is 1. The van der Waals surface area contributed by atoms with Gasteiger partial charge in [0.25, 0.3) is 0 Å². The van der Waals surface area contributed by atoms with E-state index in [1.54, 1.807) is 12.1 Å². The van der Waals surface area contributed by atoms with E-state index in [-0.39, 0.29) is 12.4 Å². The summed E-state index contributed by atoms with van der Waals surface area (Å²) in [5, 5.41) is 12.5. The van der Waals surface area contributed by atoms with Crippen molar-refractivity contribution in [3.8, 4) is 0 Å². The highest BCUT2D eigenvalue weighted by molar-refractivity contribution is 5.19. The summed E-state index contributed by atoms with van der Waals surface area (Å²) >= 11 is 0. The molecule has 3 heteroatoms. The maximum absolute atomic E-state index is 13.4. The van der Waals surface area contributed by atoms with Gasteiger partial charge in [-0.1, -0.05) is 25.1 Å². The van der Waals surface area contributed by atoms with Crippen LogP contribution in [0, 0.1) is 5.82 Å². The first kappa shape index (κ1) is 12.1. The fourth-order valence-corrected chi connectivity index (χ4v) is 1.66. The molecule has 84 valence electrons. The largest absolute Gasteiger partial charge is 0.394 e. The normalized spacial score (nSPS) is 14.9. The van der Waals surface area contributed by atoms with Crippen LogP contribution in [0.5, 0.6) is 0 Å². The number of likely N-dealkylation sites (N-methyl/N-ethyl adjacent to an activating group) is 1. The van der Waals surface area contributed by atoms with Gasteiger partial charge in [0, 0.05) is 5.54 Å². The van der Waals surface area contributed by atoms with Crippen LogP contribution in [0.2, 0.25) is 0 Å². The Morgan fingerprint density at radius 1 is 1.40 bits per heavy atom. The third kappa shape index (κ3) is 3.29. The van der Waals surface area contributed by atoms with E-state index in [2.05, 4.69) is 5.32 Å². The lowest BCUT2D eigenvalue weighted by atomic mass is 9.93. The molecule has 1 aromatic rings. The van der Waals surface area contributed by atoms with Crippen LogP contribution in [-0.2, 0) is 6.42 Å². The van der Waals surface area contributed by atoms with E-state index in [0.717, 1.165) is 6.54 Å². The lowest BCUT2D eigenvalue weighted by molar-refractivity contribution is 0.175. The van der Waals surface area contributed by atoms with E-state index >= 15 is 0 Å². The zero-order chi connectivity index (χ0) is 11.3. The molecule has 1 rings (SSSR count). The molecule has 1 unspecified atom stereocenters. The molecule has 0 radical (unpaired) electrons. The molecule has 0 spiro atoms. The van der Waals surface area contributed by atoms with Crippen molar-refractivity contribution in [3.63, 3.8) is 0 Å². The van der Waals surface area contributed by atoms with Gasteiger partial charge < -0.3 is 10.4 Å². The van der Waals surface area contributed by atoms with Gasteiger partial charge in [-0.3, -0.25) is 0 Å². The Kier molecular flexibility index (Phi) is 4.24. The number of halogens is 1. The van der Waals surface area contributed by atoms with Crippen LogP contribution in [0.3, 0.4) is 0 Å². The molecule has 0 heterocycles. The molecule has 0 aliphatic carbocycles. The van der Waals surface area contributed by atoms with Crippen LogP contribution in [-0.4, -0.2) is 23.8 Å². The molecule has 2 N–H and O–H groups in total. The minimum absolute atomic E-state index is 0.00479. The summed E-state index contributed by atoms with van der Waals surface area (Å²) in [5.74, 6) is -0.213. The average molecular weight is 211 g/mol. The summed E-state index contributed by atoms with van der Waals surface area (Å²) in [6.45, 7) is 4.61. The SMILES string of the molecule is CCNC(C)(CO)Cc1ccccc1F. The van der Waals surface area contributed by atoms with E-state index < -0.39 is 5.54 Å². The fourth-order valence-electron chi connectivity index (χ4n) is 1.66. The first-order valence-electron chi connectivity index (χ1n) is 5.20. The Hall–Kier alpha value is -0.930. The Morgan fingerprint density at radius 3 is 2.60 bits per heavy atom. The number of hydrogen-bond donors (Lipinski definition) is 2. The molecular weight excluding hydrogens is 193 g/mol. The molecule has 0 fully saturated rings. The first-order chi connectivity index (χ1) is 7.11. The van der Waals surface area contributed by atoms with Crippen LogP contribution in [0.1, 0.15) is 19.4 Å². The predicted molar refractivity (Wildman–Crippen MR) is 59.3 cm³/mol. The number of benzene rings is 1. The first-order valence-corrected chi connectivity index (χ1v) is 5.20. The summed E-state index contributed by atoms with van der Waals surface area (Å²) in [7, 11) is 0. The van der Waals surface area contributed by atoms with Gasteiger partial charge in [0.1, 0.15) is 5.82 Å². The van der Waals surface area contributed by atoms with Crippen molar-refractivity contribution in [1.82, 2.24) is 5.32 Å². The second-order valence-corrected chi connectivity index (χ2v) is 4.02. The minimum Gasteiger partial charge on any atom is -0.394 e. The van der Waals surface area contributed by atoms with Crippen LogP contribution in [0.4, 0.5) is 4.39 Å². The van der Waals surface area contributed by atoms with E-state index in [1.165, 1.54) is 6.07 Å². The molecule has 0 saturated carbocycles. The topological polar surface area (TPSA) is 32.3 Å². The van der Waals surface area contributed by atoms with Gasteiger partial charge in [-0.05, 0) is 31.5 Å². The molecule has 0 aliphatic rings. The highest BCUT2D eigenvalue weighted by Gasteiger charge is 2.23. The van der Waals surface area contributed by atoms with Crippen molar-refractivity contribution in [2.45, 2.75) is 25.8 Å². The van der Waals surface area contributed by atoms with Crippen molar-refractivity contribution in [2.24, 2.45) is 0 Å². The molecule has 2 nitrogen and oxygen atoms in total. The average Bonchev–Trinajstić information content (AvgIpc) is 2.22. The molecular formula is C12H18FNO. The van der Waals surface area contributed by atoms with Gasteiger partial charge >= 0.3 is 0 Å². The molecule has 1 aromatic carbocycles. The molecule has 0 aromatic heterocycles. The van der Waals surface area contributed by atoms with Gasteiger partial charge in [-0.2, -0.15) is 0 Å². The minimum atomic E-state index is -0.447.